The number of aromatic nitrogens is 3. The molecular weight excluding hydrogens is 296 g/mol. The van der Waals surface area contributed by atoms with Gasteiger partial charge in [-0.2, -0.15) is 4.98 Å². The molecule has 0 amide bonds. The Labute approximate surface area is 132 Å². The van der Waals surface area contributed by atoms with Gasteiger partial charge in [0.15, 0.2) is 0 Å². The average molecular weight is 312 g/mol. The smallest absolute Gasteiger partial charge is 0.241 e. The van der Waals surface area contributed by atoms with Crippen LogP contribution in [0.3, 0.4) is 0 Å². The first kappa shape index (κ1) is 13.6. The minimum Gasteiger partial charge on any atom is -0.338 e. The van der Waals surface area contributed by atoms with Gasteiger partial charge >= 0.3 is 0 Å². The van der Waals surface area contributed by atoms with E-state index in [1.807, 2.05) is 35.8 Å². The number of thiophene rings is 1. The van der Waals surface area contributed by atoms with Crippen molar-refractivity contribution < 1.29 is 4.52 Å². The van der Waals surface area contributed by atoms with Gasteiger partial charge in [0.25, 0.3) is 0 Å². The molecule has 3 aromatic heterocycles. The summed E-state index contributed by atoms with van der Waals surface area (Å²) < 4.78 is 5.42. The molecule has 4 rings (SSSR count). The highest BCUT2D eigenvalue weighted by Crippen LogP contribution is 2.32. The third kappa shape index (κ3) is 2.67. The van der Waals surface area contributed by atoms with Gasteiger partial charge in [-0.05, 0) is 43.0 Å². The maximum Gasteiger partial charge on any atom is 0.241 e. The van der Waals surface area contributed by atoms with E-state index in [0.29, 0.717) is 24.3 Å². The first-order chi connectivity index (χ1) is 10.9. The van der Waals surface area contributed by atoms with E-state index in [1.165, 1.54) is 6.42 Å². The second kappa shape index (κ2) is 5.98. The molecular formula is C16H16N4OS. The number of nitrogens with zero attached hydrogens (tertiary/aromatic N) is 4. The summed E-state index contributed by atoms with van der Waals surface area (Å²) in [7, 11) is 0. The van der Waals surface area contributed by atoms with Crippen molar-refractivity contribution in [1.29, 1.82) is 0 Å². The minimum absolute atomic E-state index is 0.346. The predicted molar refractivity (Wildman–Crippen MR) is 84.2 cm³/mol. The Kier molecular flexibility index (Phi) is 3.70. The highest BCUT2D eigenvalue weighted by Gasteiger charge is 2.28. The van der Waals surface area contributed by atoms with Crippen molar-refractivity contribution in [3.05, 3.63) is 53.5 Å². The first-order valence-electron chi connectivity index (χ1n) is 7.41. The van der Waals surface area contributed by atoms with Gasteiger partial charge in [0.1, 0.15) is 0 Å². The van der Waals surface area contributed by atoms with Gasteiger partial charge in [-0.3, -0.25) is 9.88 Å². The molecule has 112 valence electrons. The van der Waals surface area contributed by atoms with Gasteiger partial charge < -0.3 is 4.52 Å². The van der Waals surface area contributed by atoms with Crippen molar-refractivity contribution in [2.75, 3.05) is 6.54 Å². The van der Waals surface area contributed by atoms with Crippen LogP contribution in [0.1, 0.15) is 30.5 Å². The van der Waals surface area contributed by atoms with Crippen LogP contribution in [-0.4, -0.2) is 26.6 Å². The molecule has 22 heavy (non-hydrogen) atoms. The fraction of sp³-hybridized carbons (Fsp3) is 0.312. The first-order valence-corrected chi connectivity index (χ1v) is 8.29. The van der Waals surface area contributed by atoms with Crippen LogP contribution in [0.4, 0.5) is 0 Å². The lowest BCUT2D eigenvalue weighted by Gasteiger charge is -2.21. The van der Waals surface area contributed by atoms with Gasteiger partial charge in [0.05, 0.1) is 23.2 Å². The van der Waals surface area contributed by atoms with Gasteiger partial charge in [-0.25, -0.2) is 0 Å². The molecule has 6 heteroatoms. The van der Waals surface area contributed by atoms with Crippen LogP contribution >= 0.6 is 11.3 Å². The van der Waals surface area contributed by atoms with Crippen LogP contribution in [0.5, 0.6) is 0 Å². The summed E-state index contributed by atoms with van der Waals surface area (Å²) in [5, 5.41) is 6.10. The van der Waals surface area contributed by atoms with E-state index in [-0.39, 0.29) is 0 Å². The summed E-state index contributed by atoms with van der Waals surface area (Å²) in [5.41, 5.74) is 1.12. The van der Waals surface area contributed by atoms with Crippen molar-refractivity contribution in [1.82, 2.24) is 20.0 Å². The highest BCUT2D eigenvalue weighted by molar-refractivity contribution is 7.13. The standard InChI is InChI=1S/C16H16N4OS/c1-2-8-17-12(5-1)13-6-3-9-20(13)11-15-18-16(19-21-15)14-7-4-10-22-14/h1-2,4-5,7-8,10,13H,3,6,9,11H2. The summed E-state index contributed by atoms with van der Waals surface area (Å²) in [4.78, 5) is 12.4. The summed E-state index contributed by atoms with van der Waals surface area (Å²) >= 11 is 1.62. The zero-order valence-electron chi connectivity index (χ0n) is 12.1. The Bertz CT molecular complexity index is 726. The monoisotopic (exact) mass is 312 g/mol. The zero-order valence-corrected chi connectivity index (χ0v) is 12.9. The van der Waals surface area contributed by atoms with Crippen LogP contribution in [0.2, 0.25) is 0 Å². The lowest BCUT2D eigenvalue weighted by molar-refractivity contribution is 0.209. The van der Waals surface area contributed by atoms with Gasteiger partial charge in [0.2, 0.25) is 11.7 Å². The van der Waals surface area contributed by atoms with Crippen LogP contribution in [0, 0.1) is 0 Å². The van der Waals surface area contributed by atoms with Crippen LogP contribution < -0.4 is 0 Å². The number of hydrogen-bond acceptors (Lipinski definition) is 6. The SMILES string of the molecule is c1ccc(C2CCCN2Cc2nc(-c3cccs3)no2)nc1. The summed E-state index contributed by atoms with van der Waals surface area (Å²) in [6, 6.07) is 10.4. The highest BCUT2D eigenvalue weighted by atomic mass is 32.1. The van der Waals surface area contributed by atoms with Crippen molar-refractivity contribution in [2.24, 2.45) is 0 Å². The van der Waals surface area contributed by atoms with E-state index in [2.05, 4.69) is 26.1 Å². The number of hydrogen-bond donors (Lipinski definition) is 0. The molecule has 1 saturated heterocycles. The molecule has 0 saturated carbocycles. The molecule has 1 aliphatic heterocycles. The van der Waals surface area contributed by atoms with Crippen molar-refractivity contribution in [3.63, 3.8) is 0 Å². The second-order valence-corrected chi connectivity index (χ2v) is 6.32. The van der Waals surface area contributed by atoms with Crippen LogP contribution in [0.25, 0.3) is 10.7 Å². The normalized spacial score (nSPS) is 18.8. The summed E-state index contributed by atoms with van der Waals surface area (Å²) in [6.45, 7) is 1.72. The molecule has 3 aromatic rings. The average Bonchev–Trinajstić information content (AvgIpc) is 3.30. The van der Waals surface area contributed by atoms with Gasteiger partial charge in [0, 0.05) is 6.20 Å². The Morgan fingerprint density at radius 2 is 2.27 bits per heavy atom. The Morgan fingerprint density at radius 3 is 3.09 bits per heavy atom. The Hall–Kier alpha value is -2.05. The van der Waals surface area contributed by atoms with Crippen molar-refractivity contribution in [3.8, 4) is 10.7 Å². The maximum atomic E-state index is 5.42. The Morgan fingerprint density at radius 1 is 1.27 bits per heavy atom. The fourth-order valence-electron chi connectivity index (χ4n) is 2.92. The zero-order chi connectivity index (χ0) is 14.8. The molecule has 4 heterocycles. The minimum atomic E-state index is 0.346. The maximum absolute atomic E-state index is 5.42. The van der Waals surface area contributed by atoms with Gasteiger partial charge in [-0.1, -0.05) is 17.3 Å². The molecule has 0 N–H and O–H groups in total. The summed E-state index contributed by atoms with van der Waals surface area (Å²) in [5.74, 6) is 1.35. The number of pyridine rings is 1. The lowest BCUT2D eigenvalue weighted by atomic mass is 10.1. The van der Waals surface area contributed by atoms with E-state index in [0.717, 1.165) is 23.5 Å². The quantitative estimate of drug-likeness (QED) is 0.737. The molecule has 1 unspecified atom stereocenters. The van der Waals surface area contributed by atoms with Crippen molar-refractivity contribution >= 4 is 11.3 Å². The third-order valence-electron chi connectivity index (χ3n) is 3.94. The topological polar surface area (TPSA) is 55.1 Å². The van der Waals surface area contributed by atoms with E-state index in [9.17, 15) is 0 Å². The molecule has 0 spiro atoms. The molecule has 5 nitrogen and oxygen atoms in total. The largest absolute Gasteiger partial charge is 0.338 e. The molecule has 1 aliphatic rings. The van der Waals surface area contributed by atoms with E-state index >= 15 is 0 Å². The Balaban J connectivity index is 1.51. The van der Waals surface area contributed by atoms with E-state index in [4.69, 9.17) is 4.52 Å². The molecule has 0 radical (unpaired) electrons. The van der Waals surface area contributed by atoms with Crippen molar-refractivity contribution in [2.45, 2.75) is 25.4 Å². The molecule has 0 bridgehead atoms. The number of rotatable bonds is 4. The second-order valence-electron chi connectivity index (χ2n) is 5.37. The molecule has 1 atom stereocenters. The molecule has 0 aliphatic carbocycles. The van der Waals surface area contributed by atoms with E-state index < -0.39 is 0 Å². The van der Waals surface area contributed by atoms with Crippen LogP contribution in [0.15, 0.2) is 46.4 Å². The summed E-state index contributed by atoms with van der Waals surface area (Å²) in [6.07, 6.45) is 4.16. The molecule has 1 fully saturated rings. The van der Waals surface area contributed by atoms with Gasteiger partial charge in [-0.15, -0.1) is 11.3 Å². The fourth-order valence-corrected chi connectivity index (χ4v) is 3.57. The van der Waals surface area contributed by atoms with E-state index in [1.54, 1.807) is 11.3 Å². The predicted octanol–water partition coefficient (Wildman–Crippen LogP) is 3.53. The van der Waals surface area contributed by atoms with Crippen LogP contribution in [-0.2, 0) is 6.54 Å². The third-order valence-corrected chi connectivity index (χ3v) is 4.81. The molecule has 0 aromatic carbocycles. The number of likely N-dealkylation sites (tertiary alicyclic amines) is 1. The lowest BCUT2D eigenvalue weighted by Crippen LogP contribution is -2.23.